The highest BCUT2D eigenvalue weighted by Crippen LogP contribution is 2.25. The second kappa shape index (κ2) is 5.35. The molecule has 1 aliphatic heterocycles. The molecule has 3 heteroatoms. The van der Waals surface area contributed by atoms with Crippen LogP contribution in [0.2, 0.25) is 0 Å². The van der Waals surface area contributed by atoms with Crippen molar-refractivity contribution in [1.82, 2.24) is 15.2 Å². The number of likely N-dealkylation sites (tertiary alicyclic amines) is 1. The molecule has 1 aromatic carbocycles. The number of fused-ring (bicyclic) bond motifs is 1. The molecule has 1 fully saturated rings. The van der Waals surface area contributed by atoms with Gasteiger partial charge in [-0.2, -0.15) is 0 Å². The molecule has 0 aliphatic carbocycles. The van der Waals surface area contributed by atoms with Crippen LogP contribution in [0.15, 0.2) is 24.3 Å². The fourth-order valence-corrected chi connectivity index (χ4v) is 3.27. The monoisotopic (exact) mass is 257 g/mol. The Kier molecular flexibility index (Phi) is 3.58. The van der Waals surface area contributed by atoms with E-state index in [1.165, 1.54) is 41.7 Å². The Morgan fingerprint density at radius 1 is 1.37 bits per heavy atom. The zero-order valence-electron chi connectivity index (χ0n) is 11.9. The predicted octanol–water partition coefficient (Wildman–Crippen LogP) is 2.52. The second-order valence-corrected chi connectivity index (χ2v) is 5.72. The van der Waals surface area contributed by atoms with Crippen molar-refractivity contribution in [2.75, 3.05) is 26.7 Å². The van der Waals surface area contributed by atoms with Gasteiger partial charge < -0.3 is 10.3 Å². The van der Waals surface area contributed by atoms with E-state index in [1.807, 2.05) is 7.05 Å². The molecule has 3 nitrogen and oxygen atoms in total. The molecule has 1 aromatic heterocycles. The summed E-state index contributed by atoms with van der Waals surface area (Å²) in [5.41, 5.74) is 4.06. The van der Waals surface area contributed by atoms with E-state index >= 15 is 0 Å². The van der Waals surface area contributed by atoms with Gasteiger partial charge in [0.25, 0.3) is 0 Å². The van der Waals surface area contributed by atoms with Crippen molar-refractivity contribution in [3.8, 4) is 0 Å². The van der Waals surface area contributed by atoms with E-state index in [0.29, 0.717) is 0 Å². The minimum absolute atomic E-state index is 0.815. The lowest BCUT2D eigenvalue weighted by molar-refractivity contribution is 0.316. The Hall–Kier alpha value is -1.32. The first-order valence-corrected chi connectivity index (χ1v) is 7.21. The van der Waals surface area contributed by atoms with E-state index in [2.05, 4.69) is 46.4 Å². The Bertz CT molecular complexity index is 558. The van der Waals surface area contributed by atoms with Gasteiger partial charge in [0.15, 0.2) is 0 Å². The molecule has 0 radical (unpaired) electrons. The van der Waals surface area contributed by atoms with Crippen molar-refractivity contribution in [2.24, 2.45) is 5.92 Å². The largest absolute Gasteiger partial charge is 0.358 e. The molecule has 2 N–H and O–H groups in total. The first-order valence-electron chi connectivity index (χ1n) is 7.21. The van der Waals surface area contributed by atoms with Crippen LogP contribution in [-0.2, 0) is 6.54 Å². The molecule has 3 rings (SSSR count). The molecule has 2 aromatic rings. The van der Waals surface area contributed by atoms with E-state index in [1.54, 1.807) is 0 Å². The van der Waals surface area contributed by atoms with Crippen LogP contribution >= 0.6 is 0 Å². The number of nitrogens with one attached hydrogen (secondary N) is 2. The molecule has 0 amide bonds. The van der Waals surface area contributed by atoms with E-state index in [-0.39, 0.29) is 0 Å². The number of rotatable bonds is 4. The Morgan fingerprint density at radius 3 is 3.05 bits per heavy atom. The number of nitrogens with zero attached hydrogens (tertiary/aromatic N) is 1. The van der Waals surface area contributed by atoms with Crippen molar-refractivity contribution < 1.29 is 0 Å². The van der Waals surface area contributed by atoms with Crippen LogP contribution in [0.4, 0.5) is 0 Å². The summed E-state index contributed by atoms with van der Waals surface area (Å²) in [6.07, 6.45) is 1.32. The van der Waals surface area contributed by atoms with Gasteiger partial charge in [-0.1, -0.05) is 18.2 Å². The fraction of sp³-hybridized carbons (Fsp3) is 0.500. The molecular formula is C16H23N3. The maximum Gasteiger partial charge on any atom is 0.0459 e. The number of benzene rings is 1. The molecule has 1 unspecified atom stereocenters. The normalized spacial score (nSPS) is 20.4. The minimum Gasteiger partial charge on any atom is -0.358 e. The van der Waals surface area contributed by atoms with Crippen molar-refractivity contribution in [1.29, 1.82) is 0 Å². The lowest BCUT2D eigenvalue weighted by atomic mass is 10.1. The van der Waals surface area contributed by atoms with Crippen molar-refractivity contribution >= 4 is 10.9 Å². The molecule has 2 heterocycles. The lowest BCUT2D eigenvalue weighted by Gasteiger charge is -2.16. The van der Waals surface area contributed by atoms with Crippen LogP contribution in [0, 0.1) is 12.8 Å². The quantitative estimate of drug-likeness (QED) is 0.882. The third-order valence-corrected chi connectivity index (χ3v) is 4.27. The number of aromatic nitrogens is 1. The fourth-order valence-electron chi connectivity index (χ4n) is 3.27. The van der Waals surface area contributed by atoms with Gasteiger partial charge in [-0.25, -0.2) is 0 Å². The van der Waals surface area contributed by atoms with Gasteiger partial charge in [0.1, 0.15) is 0 Å². The van der Waals surface area contributed by atoms with Crippen LogP contribution in [0.5, 0.6) is 0 Å². The van der Waals surface area contributed by atoms with E-state index < -0.39 is 0 Å². The van der Waals surface area contributed by atoms with E-state index in [4.69, 9.17) is 0 Å². The van der Waals surface area contributed by atoms with Crippen LogP contribution in [0.3, 0.4) is 0 Å². The van der Waals surface area contributed by atoms with Gasteiger partial charge in [-0.15, -0.1) is 0 Å². The summed E-state index contributed by atoms with van der Waals surface area (Å²) in [6, 6.07) is 8.63. The van der Waals surface area contributed by atoms with Gasteiger partial charge in [0, 0.05) is 29.7 Å². The zero-order chi connectivity index (χ0) is 13.2. The highest BCUT2D eigenvalue weighted by molar-refractivity contribution is 5.84. The molecule has 1 saturated heterocycles. The average molecular weight is 257 g/mol. The minimum atomic E-state index is 0.815. The van der Waals surface area contributed by atoms with Crippen molar-refractivity contribution in [3.63, 3.8) is 0 Å². The van der Waals surface area contributed by atoms with Crippen LogP contribution in [0.1, 0.15) is 17.7 Å². The average Bonchev–Trinajstić information content (AvgIpc) is 2.96. The highest BCUT2D eigenvalue weighted by Gasteiger charge is 2.23. The maximum atomic E-state index is 3.50. The Labute approximate surface area is 115 Å². The summed E-state index contributed by atoms with van der Waals surface area (Å²) in [5, 5.41) is 4.68. The molecule has 1 aliphatic rings. The predicted molar refractivity (Wildman–Crippen MR) is 80.3 cm³/mol. The summed E-state index contributed by atoms with van der Waals surface area (Å²) in [7, 11) is 2.05. The second-order valence-electron chi connectivity index (χ2n) is 5.72. The summed E-state index contributed by atoms with van der Waals surface area (Å²) in [6.45, 7) is 6.86. The zero-order valence-corrected chi connectivity index (χ0v) is 11.9. The molecule has 0 saturated carbocycles. The molecule has 0 bridgehead atoms. The molecular weight excluding hydrogens is 234 g/mol. The summed E-state index contributed by atoms with van der Waals surface area (Å²) >= 11 is 0. The first-order chi connectivity index (χ1) is 9.28. The van der Waals surface area contributed by atoms with Crippen molar-refractivity contribution in [2.45, 2.75) is 19.9 Å². The number of H-pyrrole nitrogens is 1. The third-order valence-electron chi connectivity index (χ3n) is 4.27. The van der Waals surface area contributed by atoms with Gasteiger partial charge in [-0.3, -0.25) is 4.90 Å². The smallest absolute Gasteiger partial charge is 0.0459 e. The van der Waals surface area contributed by atoms with Gasteiger partial charge in [0.05, 0.1) is 0 Å². The highest BCUT2D eigenvalue weighted by atomic mass is 15.1. The number of aryl methyl sites for hydroxylation is 1. The van der Waals surface area contributed by atoms with E-state index in [9.17, 15) is 0 Å². The number of aromatic amines is 1. The number of para-hydroxylation sites is 1. The topological polar surface area (TPSA) is 31.1 Å². The summed E-state index contributed by atoms with van der Waals surface area (Å²) < 4.78 is 0. The van der Waals surface area contributed by atoms with Crippen LogP contribution < -0.4 is 5.32 Å². The summed E-state index contributed by atoms with van der Waals surface area (Å²) in [4.78, 5) is 6.09. The van der Waals surface area contributed by atoms with Gasteiger partial charge in [0.2, 0.25) is 0 Å². The summed E-state index contributed by atoms with van der Waals surface area (Å²) in [5.74, 6) is 0.815. The molecule has 19 heavy (non-hydrogen) atoms. The van der Waals surface area contributed by atoms with Crippen molar-refractivity contribution in [3.05, 3.63) is 35.5 Å². The Morgan fingerprint density at radius 2 is 2.21 bits per heavy atom. The molecule has 0 spiro atoms. The van der Waals surface area contributed by atoms with Gasteiger partial charge >= 0.3 is 0 Å². The number of hydrogen-bond acceptors (Lipinski definition) is 2. The van der Waals surface area contributed by atoms with Crippen LogP contribution in [0.25, 0.3) is 10.9 Å². The lowest BCUT2D eigenvalue weighted by Crippen LogP contribution is -2.24. The van der Waals surface area contributed by atoms with Crippen LogP contribution in [-0.4, -0.2) is 36.6 Å². The molecule has 1 atom stereocenters. The maximum absolute atomic E-state index is 3.50. The van der Waals surface area contributed by atoms with E-state index in [0.717, 1.165) is 19.0 Å². The standard InChI is InChI=1S/C16H23N3/c1-12-15(14-5-3-4-6-16(14)18-12)11-19-8-7-13(10-19)9-17-2/h3-6,13,17-18H,7-11H2,1-2H3. The molecule has 102 valence electrons. The third kappa shape index (κ3) is 2.53. The first kappa shape index (κ1) is 12.7. The van der Waals surface area contributed by atoms with Gasteiger partial charge in [-0.05, 0) is 51.0 Å². The SMILES string of the molecule is CNCC1CCN(Cc2c(C)[nH]c3ccccc23)C1. The Balaban J connectivity index is 1.77. The number of hydrogen-bond donors (Lipinski definition) is 2.